The third-order valence-corrected chi connectivity index (χ3v) is 3.17. The molecule has 110 valence electrons. The average Bonchev–Trinajstić information content (AvgIpc) is 2.50. The van der Waals surface area contributed by atoms with Gasteiger partial charge in [-0.2, -0.15) is 0 Å². The van der Waals surface area contributed by atoms with Crippen molar-refractivity contribution in [2.75, 3.05) is 0 Å². The van der Waals surface area contributed by atoms with Crippen LogP contribution in [0.2, 0.25) is 0 Å². The van der Waals surface area contributed by atoms with Gasteiger partial charge in [-0.15, -0.1) is 0 Å². The zero-order valence-corrected chi connectivity index (χ0v) is 11.7. The van der Waals surface area contributed by atoms with Crippen LogP contribution in [0.1, 0.15) is 16.7 Å². The fourth-order valence-corrected chi connectivity index (χ4v) is 1.98. The zero-order chi connectivity index (χ0) is 15.2. The molecule has 0 aliphatic rings. The van der Waals surface area contributed by atoms with Gasteiger partial charge in [0.2, 0.25) is 5.91 Å². The van der Waals surface area contributed by atoms with Crippen molar-refractivity contribution in [1.29, 1.82) is 0 Å². The second kappa shape index (κ2) is 6.85. The third kappa shape index (κ3) is 3.79. The van der Waals surface area contributed by atoms with Gasteiger partial charge >= 0.3 is 0 Å². The summed E-state index contributed by atoms with van der Waals surface area (Å²) in [6.07, 6.45) is 0.159. The standard InChI is InChI=1S/C16H17FN2O2/c1-11-5-4-8-14(16(11)17)21-10-13-7-3-2-6-12(13)9-15(20)19-18/h2-8H,9-10,18H2,1H3,(H,19,20). The molecule has 2 aromatic carbocycles. The van der Waals surface area contributed by atoms with Gasteiger partial charge in [0.15, 0.2) is 11.6 Å². The Morgan fingerprint density at radius 2 is 1.90 bits per heavy atom. The molecule has 1 amide bonds. The molecule has 0 aromatic heterocycles. The van der Waals surface area contributed by atoms with E-state index in [1.165, 1.54) is 0 Å². The molecule has 21 heavy (non-hydrogen) atoms. The molecule has 0 spiro atoms. The predicted octanol–water partition coefficient (Wildman–Crippen LogP) is 2.25. The molecule has 0 saturated heterocycles. The monoisotopic (exact) mass is 288 g/mol. The van der Waals surface area contributed by atoms with E-state index in [0.717, 1.165) is 11.1 Å². The van der Waals surface area contributed by atoms with Gasteiger partial charge in [0.1, 0.15) is 6.61 Å². The van der Waals surface area contributed by atoms with E-state index in [1.807, 2.05) is 24.3 Å². The first-order chi connectivity index (χ1) is 10.1. The normalized spacial score (nSPS) is 10.2. The summed E-state index contributed by atoms with van der Waals surface area (Å²) >= 11 is 0. The van der Waals surface area contributed by atoms with E-state index in [1.54, 1.807) is 25.1 Å². The Hall–Kier alpha value is -2.40. The van der Waals surface area contributed by atoms with E-state index in [9.17, 15) is 9.18 Å². The highest BCUT2D eigenvalue weighted by Gasteiger charge is 2.09. The lowest BCUT2D eigenvalue weighted by atomic mass is 10.1. The zero-order valence-electron chi connectivity index (χ0n) is 11.7. The number of nitrogens with two attached hydrogens (primary N) is 1. The second-order valence-corrected chi connectivity index (χ2v) is 4.69. The van der Waals surface area contributed by atoms with Gasteiger partial charge in [-0.25, -0.2) is 10.2 Å². The van der Waals surface area contributed by atoms with Crippen LogP contribution in [0.15, 0.2) is 42.5 Å². The summed E-state index contributed by atoms with van der Waals surface area (Å²) in [6.45, 7) is 1.87. The van der Waals surface area contributed by atoms with E-state index in [4.69, 9.17) is 10.6 Å². The van der Waals surface area contributed by atoms with Crippen molar-refractivity contribution in [2.24, 2.45) is 5.84 Å². The lowest BCUT2D eigenvalue weighted by Crippen LogP contribution is -2.31. The van der Waals surface area contributed by atoms with Crippen molar-refractivity contribution < 1.29 is 13.9 Å². The predicted molar refractivity (Wildman–Crippen MR) is 77.9 cm³/mol. The molecule has 0 aliphatic heterocycles. The van der Waals surface area contributed by atoms with E-state index in [0.29, 0.717) is 5.56 Å². The molecule has 0 saturated carbocycles. The van der Waals surface area contributed by atoms with Crippen molar-refractivity contribution in [3.63, 3.8) is 0 Å². The molecule has 0 radical (unpaired) electrons. The first kappa shape index (κ1) is 15.0. The van der Waals surface area contributed by atoms with Crippen LogP contribution in [-0.2, 0) is 17.8 Å². The average molecular weight is 288 g/mol. The van der Waals surface area contributed by atoms with Crippen LogP contribution in [0.5, 0.6) is 5.75 Å². The van der Waals surface area contributed by atoms with Crippen LogP contribution >= 0.6 is 0 Å². The summed E-state index contributed by atoms with van der Waals surface area (Å²) in [5, 5.41) is 0. The number of hydrazine groups is 1. The molecule has 0 unspecified atom stereocenters. The Balaban J connectivity index is 2.13. The number of ether oxygens (including phenoxy) is 1. The minimum absolute atomic E-state index is 0.159. The van der Waals surface area contributed by atoms with Gasteiger partial charge in [-0.3, -0.25) is 10.2 Å². The van der Waals surface area contributed by atoms with Crippen LogP contribution in [-0.4, -0.2) is 5.91 Å². The molecule has 4 nitrogen and oxygen atoms in total. The smallest absolute Gasteiger partial charge is 0.238 e. The summed E-state index contributed by atoms with van der Waals surface area (Å²) in [5.41, 5.74) is 4.24. The molecule has 0 atom stereocenters. The summed E-state index contributed by atoms with van der Waals surface area (Å²) < 4.78 is 19.4. The van der Waals surface area contributed by atoms with E-state index in [2.05, 4.69) is 5.43 Å². The quantitative estimate of drug-likeness (QED) is 0.504. The Morgan fingerprint density at radius 1 is 1.19 bits per heavy atom. The number of nitrogens with one attached hydrogen (secondary N) is 1. The van der Waals surface area contributed by atoms with Gasteiger partial charge < -0.3 is 4.74 Å². The number of rotatable bonds is 5. The second-order valence-electron chi connectivity index (χ2n) is 4.69. The molecular formula is C16H17FN2O2. The van der Waals surface area contributed by atoms with E-state index < -0.39 is 0 Å². The highest BCUT2D eigenvalue weighted by molar-refractivity contribution is 5.78. The number of aryl methyl sites for hydroxylation is 1. The minimum atomic E-state index is -0.366. The van der Waals surface area contributed by atoms with Crippen LogP contribution in [0.3, 0.4) is 0 Å². The minimum Gasteiger partial charge on any atom is -0.486 e. The molecular weight excluding hydrogens is 271 g/mol. The van der Waals surface area contributed by atoms with E-state index in [-0.39, 0.29) is 30.5 Å². The Morgan fingerprint density at radius 3 is 2.62 bits per heavy atom. The van der Waals surface area contributed by atoms with E-state index >= 15 is 0 Å². The van der Waals surface area contributed by atoms with Crippen molar-refractivity contribution in [3.05, 3.63) is 65.0 Å². The first-order valence-corrected chi connectivity index (χ1v) is 6.56. The van der Waals surface area contributed by atoms with Gasteiger partial charge in [0.05, 0.1) is 6.42 Å². The molecule has 0 aliphatic carbocycles. The van der Waals surface area contributed by atoms with Crippen LogP contribution < -0.4 is 16.0 Å². The molecule has 5 heteroatoms. The highest BCUT2D eigenvalue weighted by Crippen LogP contribution is 2.21. The Kier molecular flexibility index (Phi) is 4.90. The van der Waals surface area contributed by atoms with Crippen molar-refractivity contribution >= 4 is 5.91 Å². The number of benzene rings is 2. The Labute approximate surface area is 122 Å². The lowest BCUT2D eigenvalue weighted by Gasteiger charge is -2.12. The number of hydrogen-bond acceptors (Lipinski definition) is 3. The molecule has 0 heterocycles. The number of carbonyl (C=O) groups is 1. The lowest BCUT2D eigenvalue weighted by molar-refractivity contribution is -0.120. The summed E-state index contributed by atoms with van der Waals surface area (Å²) in [7, 11) is 0. The van der Waals surface area contributed by atoms with Crippen LogP contribution in [0.25, 0.3) is 0 Å². The molecule has 0 bridgehead atoms. The van der Waals surface area contributed by atoms with Crippen molar-refractivity contribution in [2.45, 2.75) is 20.0 Å². The third-order valence-electron chi connectivity index (χ3n) is 3.17. The number of carbonyl (C=O) groups excluding carboxylic acids is 1. The first-order valence-electron chi connectivity index (χ1n) is 6.56. The fraction of sp³-hybridized carbons (Fsp3) is 0.188. The summed E-state index contributed by atoms with van der Waals surface area (Å²) in [5.74, 6) is 4.64. The van der Waals surface area contributed by atoms with Gasteiger partial charge in [-0.1, -0.05) is 36.4 Å². The molecule has 0 fully saturated rings. The molecule has 2 rings (SSSR count). The maximum atomic E-state index is 13.9. The SMILES string of the molecule is Cc1cccc(OCc2ccccc2CC(=O)NN)c1F. The summed E-state index contributed by atoms with van der Waals surface area (Å²) in [6, 6.07) is 12.3. The maximum absolute atomic E-state index is 13.9. The number of halogens is 1. The van der Waals surface area contributed by atoms with Gasteiger partial charge in [0, 0.05) is 0 Å². The molecule has 2 aromatic rings. The topological polar surface area (TPSA) is 64.3 Å². The molecule has 3 N–H and O–H groups in total. The highest BCUT2D eigenvalue weighted by atomic mass is 19.1. The Bertz CT molecular complexity index is 644. The van der Waals surface area contributed by atoms with Gasteiger partial charge in [0.25, 0.3) is 0 Å². The van der Waals surface area contributed by atoms with Crippen molar-refractivity contribution in [1.82, 2.24) is 5.43 Å². The number of amides is 1. The van der Waals surface area contributed by atoms with Crippen molar-refractivity contribution in [3.8, 4) is 5.75 Å². The van der Waals surface area contributed by atoms with Crippen LogP contribution in [0.4, 0.5) is 4.39 Å². The number of hydrogen-bond donors (Lipinski definition) is 2. The van der Waals surface area contributed by atoms with Crippen LogP contribution in [0, 0.1) is 12.7 Å². The van der Waals surface area contributed by atoms with Gasteiger partial charge in [-0.05, 0) is 29.7 Å². The fourth-order valence-electron chi connectivity index (χ4n) is 1.98. The summed E-state index contributed by atoms with van der Waals surface area (Å²) in [4.78, 5) is 11.4. The maximum Gasteiger partial charge on any atom is 0.238 e. The largest absolute Gasteiger partial charge is 0.486 e.